The maximum Gasteiger partial charge on any atom is 0.171 e. The van der Waals surface area contributed by atoms with Crippen molar-refractivity contribution in [2.45, 2.75) is 23.6 Å². The smallest absolute Gasteiger partial charge is 0.171 e. The fraction of sp³-hybridized carbons (Fsp3) is 0.133. The van der Waals surface area contributed by atoms with Crippen molar-refractivity contribution in [3.63, 3.8) is 0 Å². The number of nitrogens with zero attached hydrogens (tertiary/aromatic N) is 1. The Balaban J connectivity index is 2.40. The van der Waals surface area contributed by atoms with Crippen molar-refractivity contribution in [3.05, 3.63) is 58.9 Å². The Kier molecular flexibility index (Phi) is 4.29. The highest BCUT2D eigenvalue weighted by atomic mass is 32.2. The average Bonchev–Trinajstić information content (AvgIpc) is 2.44. The lowest BCUT2D eigenvalue weighted by Gasteiger charge is -2.09. The molecule has 0 saturated heterocycles. The molecular formula is C15H15FN2OS. The van der Waals surface area contributed by atoms with Crippen LogP contribution in [0.15, 0.2) is 51.3 Å². The second kappa shape index (κ2) is 5.96. The first kappa shape index (κ1) is 14.4. The Bertz CT molecular complexity index is 671. The van der Waals surface area contributed by atoms with Crippen molar-refractivity contribution in [1.29, 1.82) is 0 Å². The SMILES string of the molecule is Cc1ccc(Sc2ccc(F)cc2C(N)=NO)cc1C. The summed E-state index contributed by atoms with van der Waals surface area (Å²) in [5, 5.41) is 11.7. The molecule has 0 aliphatic rings. The third kappa shape index (κ3) is 3.11. The normalized spacial score (nSPS) is 11.7. The van der Waals surface area contributed by atoms with Gasteiger partial charge in [0.25, 0.3) is 0 Å². The number of amidine groups is 1. The first-order valence-corrected chi connectivity index (χ1v) is 6.85. The van der Waals surface area contributed by atoms with Crippen LogP contribution in [0.5, 0.6) is 0 Å². The monoisotopic (exact) mass is 290 g/mol. The molecule has 2 rings (SSSR count). The van der Waals surface area contributed by atoms with Gasteiger partial charge in [-0.3, -0.25) is 0 Å². The molecule has 0 aliphatic carbocycles. The third-order valence-electron chi connectivity index (χ3n) is 3.03. The molecule has 3 nitrogen and oxygen atoms in total. The van der Waals surface area contributed by atoms with E-state index in [1.54, 1.807) is 6.07 Å². The first-order valence-electron chi connectivity index (χ1n) is 6.04. The van der Waals surface area contributed by atoms with Gasteiger partial charge in [-0.15, -0.1) is 0 Å². The van der Waals surface area contributed by atoms with E-state index in [0.717, 1.165) is 9.79 Å². The van der Waals surface area contributed by atoms with E-state index < -0.39 is 5.82 Å². The largest absolute Gasteiger partial charge is 0.409 e. The zero-order valence-electron chi connectivity index (χ0n) is 11.2. The molecule has 0 fully saturated rings. The molecule has 0 bridgehead atoms. The Hall–Kier alpha value is -2.01. The van der Waals surface area contributed by atoms with Crippen molar-refractivity contribution in [2.24, 2.45) is 10.9 Å². The Labute approximate surface area is 121 Å². The van der Waals surface area contributed by atoms with Crippen molar-refractivity contribution in [1.82, 2.24) is 0 Å². The number of aryl methyl sites for hydroxylation is 2. The predicted molar refractivity (Wildman–Crippen MR) is 78.9 cm³/mol. The van der Waals surface area contributed by atoms with E-state index in [1.807, 2.05) is 26.0 Å². The Morgan fingerprint density at radius 3 is 2.55 bits per heavy atom. The summed E-state index contributed by atoms with van der Waals surface area (Å²) in [5.74, 6) is -0.521. The summed E-state index contributed by atoms with van der Waals surface area (Å²) in [7, 11) is 0. The number of oxime groups is 1. The van der Waals surface area contributed by atoms with Gasteiger partial charge in [-0.25, -0.2) is 4.39 Å². The van der Waals surface area contributed by atoms with Gasteiger partial charge >= 0.3 is 0 Å². The highest BCUT2D eigenvalue weighted by molar-refractivity contribution is 7.99. The van der Waals surface area contributed by atoms with Crippen LogP contribution < -0.4 is 5.73 Å². The molecule has 5 heteroatoms. The second-order valence-corrected chi connectivity index (χ2v) is 5.59. The van der Waals surface area contributed by atoms with E-state index in [2.05, 4.69) is 11.2 Å². The number of hydrogen-bond donors (Lipinski definition) is 2. The van der Waals surface area contributed by atoms with Crippen molar-refractivity contribution >= 4 is 17.6 Å². The van der Waals surface area contributed by atoms with Gasteiger partial charge in [0.15, 0.2) is 5.84 Å². The molecular weight excluding hydrogens is 275 g/mol. The number of benzene rings is 2. The fourth-order valence-corrected chi connectivity index (χ4v) is 2.78. The lowest BCUT2D eigenvalue weighted by atomic mass is 10.1. The fourth-order valence-electron chi connectivity index (χ4n) is 1.75. The Morgan fingerprint density at radius 1 is 1.15 bits per heavy atom. The molecule has 2 aromatic rings. The molecule has 0 spiro atoms. The molecule has 0 aromatic heterocycles. The van der Waals surface area contributed by atoms with Crippen LogP contribution in [0, 0.1) is 19.7 Å². The van der Waals surface area contributed by atoms with Crippen LogP contribution in [0.1, 0.15) is 16.7 Å². The minimum atomic E-state index is -0.420. The summed E-state index contributed by atoms with van der Waals surface area (Å²) in [4.78, 5) is 1.76. The molecule has 20 heavy (non-hydrogen) atoms. The predicted octanol–water partition coefficient (Wildman–Crippen LogP) is 3.69. The van der Waals surface area contributed by atoms with Gasteiger partial charge in [0.05, 0.1) is 0 Å². The minimum Gasteiger partial charge on any atom is -0.409 e. The summed E-state index contributed by atoms with van der Waals surface area (Å²) < 4.78 is 13.3. The molecule has 0 amide bonds. The Morgan fingerprint density at radius 2 is 1.90 bits per heavy atom. The molecule has 0 aliphatic heterocycles. The average molecular weight is 290 g/mol. The van der Waals surface area contributed by atoms with Crippen molar-refractivity contribution in [2.75, 3.05) is 0 Å². The summed E-state index contributed by atoms with van der Waals surface area (Å²) >= 11 is 1.45. The zero-order chi connectivity index (χ0) is 14.7. The maximum absolute atomic E-state index is 13.3. The van der Waals surface area contributed by atoms with Crippen LogP contribution in [0.4, 0.5) is 4.39 Å². The van der Waals surface area contributed by atoms with Gasteiger partial charge < -0.3 is 10.9 Å². The summed E-state index contributed by atoms with van der Waals surface area (Å²) in [6, 6.07) is 10.3. The van der Waals surface area contributed by atoms with Crippen LogP contribution in [-0.2, 0) is 0 Å². The van der Waals surface area contributed by atoms with Crippen LogP contribution in [0.25, 0.3) is 0 Å². The molecule has 0 radical (unpaired) electrons. The highest BCUT2D eigenvalue weighted by Crippen LogP contribution is 2.32. The van der Waals surface area contributed by atoms with Crippen LogP contribution in [-0.4, -0.2) is 11.0 Å². The lowest BCUT2D eigenvalue weighted by molar-refractivity contribution is 0.318. The van der Waals surface area contributed by atoms with Gasteiger partial charge in [-0.1, -0.05) is 23.0 Å². The van der Waals surface area contributed by atoms with Crippen LogP contribution in [0.3, 0.4) is 0 Å². The quantitative estimate of drug-likeness (QED) is 0.392. The van der Waals surface area contributed by atoms with E-state index in [0.29, 0.717) is 5.56 Å². The van der Waals surface area contributed by atoms with Gasteiger partial charge in [-0.2, -0.15) is 0 Å². The topological polar surface area (TPSA) is 58.6 Å². The zero-order valence-corrected chi connectivity index (χ0v) is 12.0. The molecule has 0 atom stereocenters. The third-order valence-corrected chi connectivity index (χ3v) is 4.10. The van der Waals surface area contributed by atoms with Gasteiger partial charge in [0, 0.05) is 15.4 Å². The molecule has 0 unspecified atom stereocenters. The van der Waals surface area contributed by atoms with Gasteiger partial charge in [0.1, 0.15) is 5.82 Å². The number of hydrogen-bond acceptors (Lipinski definition) is 3. The van der Waals surface area contributed by atoms with Gasteiger partial charge in [0.2, 0.25) is 0 Å². The molecule has 0 saturated carbocycles. The summed E-state index contributed by atoms with van der Waals surface area (Å²) in [6.07, 6.45) is 0. The van der Waals surface area contributed by atoms with Crippen molar-refractivity contribution < 1.29 is 9.60 Å². The van der Waals surface area contributed by atoms with E-state index in [9.17, 15) is 4.39 Å². The number of rotatable bonds is 3. The standard InChI is InChI=1S/C15H15FN2OS/c1-9-3-5-12(7-10(9)2)20-14-6-4-11(16)8-13(14)15(17)18-19/h3-8,19H,1-2H3,(H2,17,18). The van der Waals surface area contributed by atoms with E-state index in [4.69, 9.17) is 10.9 Å². The summed E-state index contributed by atoms with van der Waals surface area (Å²) in [5.41, 5.74) is 8.37. The maximum atomic E-state index is 13.3. The first-order chi connectivity index (χ1) is 9.51. The second-order valence-electron chi connectivity index (χ2n) is 4.47. The lowest BCUT2D eigenvalue weighted by Crippen LogP contribution is -2.14. The number of halogens is 1. The van der Waals surface area contributed by atoms with Crippen molar-refractivity contribution in [3.8, 4) is 0 Å². The molecule has 2 aromatic carbocycles. The summed E-state index contributed by atoms with van der Waals surface area (Å²) in [6.45, 7) is 4.08. The highest BCUT2D eigenvalue weighted by Gasteiger charge is 2.10. The van der Waals surface area contributed by atoms with Gasteiger partial charge in [-0.05, 0) is 55.3 Å². The van der Waals surface area contributed by atoms with E-state index in [-0.39, 0.29) is 5.84 Å². The van der Waals surface area contributed by atoms with Crippen LogP contribution in [0.2, 0.25) is 0 Å². The minimum absolute atomic E-state index is 0.101. The molecule has 3 N–H and O–H groups in total. The number of nitrogens with two attached hydrogens (primary N) is 1. The van der Waals surface area contributed by atoms with E-state index in [1.165, 1.54) is 35.0 Å². The van der Waals surface area contributed by atoms with Crippen LogP contribution >= 0.6 is 11.8 Å². The molecule has 104 valence electrons. The molecule has 0 heterocycles. The van der Waals surface area contributed by atoms with E-state index >= 15 is 0 Å².